The molecule has 1 aromatic carbocycles. The van der Waals surface area contributed by atoms with Crippen LogP contribution >= 0.6 is 0 Å². The third kappa shape index (κ3) is 3.10. The van der Waals surface area contributed by atoms with Gasteiger partial charge >= 0.3 is 0 Å². The summed E-state index contributed by atoms with van der Waals surface area (Å²) in [6.07, 6.45) is 1.12. The number of nitriles is 1. The van der Waals surface area contributed by atoms with Crippen molar-refractivity contribution >= 4 is 12.3 Å². The molecule has 1 saturated heterocycles. The lowest BCUT2D eigenvalue weighted by Crippen LogP contribution is -2.48. The second-order valence-electron chi connectivity index (χ2n) is 4.47. The van der Waals surface area contributed by atoms with Gasteiger partial charge in [0.05, 0.1) is 12.5 Å². The van der Waals surface area contributed by atoms with Crippen LogP contribution in [0.1, 0.15) is 15.9 Å². The van der Waals surface area contributed by atoms with Crippen molar-refractivity contribution in [1.82, 2.24) is 9.80 Å². The lowest BCUT2D eigenvalue weighted by atomic mass is 10.1. The average molecular weight is 257 g/mol. The number of carbonyl (C=O) groups is 2. The third-order valence-corrected chi connectivity index (χ3v) is 3.21. The molecule has 0 radical (unpaired) electrons. The van der Waals surface area contributed by atoms with Gasteiger partial charge < -0.3 is 9.80 Å². The van der Waals surface area contributed by atoms with E-state index in [1.807, 2.05) is 6.07 Å². The number of nitrogens with zero attached hydrogens (tertiary/aromatic N) is 3. The van der Waals surface area contributed by atoms with Crippen molar-refractivity contribution in [2.75, 3.05) is 26.2 Å². The fraction of sp³-hybridized carbons (Fsp3) is 0.357. The van der Waals surface area contributed by atoms with Crippen LogP contribution < -0.4 is 0 Å². The Morgan fingerprint density at radius 1 is 1.32 bits per heavy atom. The topological polar surface area (TPSA) is 64.4 Å². The maximum atomic E-state index is 12.3. The van der Waals surface area contributed by atoms with E-state index in [9.17, 15) is 9.59 Å². The van der Waals surface area contributed by atoms with Gasteiger partial charge in [0.25, 0.3) is 5.91 Å². The normalized spacial score (nSPS) is 14.9. The van der Waals surface area contributed by atoms with E-state index in [4.69, 9.17) is 5.26 Å². The first-order valence-corrected chi connectivity index (χ1v) is 6.19. The minimum Gasteiger partial charge on any atom is -0.342 e. The second kappa shape index (κ2) is 6.01. The zero-order valence-electron chi connectivity index (χ0n) is 10.6. The molecular formula is C14H15N3O2. The standard InChI is InChI=1S/C14H15N3O2/c15-5-4-12-2-1-3-13(10-12)14(19)17-8-6-16(11-18)7-9-17/h1-3,10-11H,4,6-9H2. The van der Waals surface area contributed by atoms with Crippen LogP contribution in [0, 0.1) is 11.3 Å². The maximum absolute atomic E-state index is 12.3. The Balaban J connectivity index is 2.06. The predicted octanol–water partition coefficient (Wildman–Crippen LogP) is 0.667. The lowest BCUT2D eigenvalue weighted by Gasteiger charge is -2.32. The number of amides is 2. The maximum Gasteiger partial charge on any atom is 0.253 e. The number of benzene rings is 1. The van der Waals surface area contributed by atoms with Gasteiger partial charge in [0.2, 0.25) is 6.41 Å². The summed E-state index contributed by atoms with van der Waals surface area (Å²) in [6.45, 7) is 2.26. The van der Waals surface area contributed by atoms with Gasteiger partial charge in [-0.25, -0.2) is 0 Å². The molecule has 1 heterocycles. The van der Waals surface area contributed by atoms with Gasteiger partial charge in [0.1, 0.15) is 0 Å². The summed E-state index contributed by atoms with van der Waals surface area (Å²) in [7, 11) is 0. The Bertz CT molecular complexity index is 514. The van der Waals surface area contributed by atoms with Gasteiger partial charge in [-0.15, -0.1) is 0 Å². The SMILES string of the molecule is N#CCc1cccc(C(=O)N2CCN(C=O)CC2)c1. The van der Waals surface area contributed by atoms with Crippen LogP contribution in [0.15, 0.2) is 24.3 Å². The van der Waals surface area contributed by atoms with Crippen molar-refractivity contribution < 1.29 is 9.59 Å². The Labute approximate surface area is 112 Å². The lowest BCUT2D eigenvalue weighted by molar-refractivity contribution is -0.119. The number of hydrogen-bond acceptors (Lipinski definition) is 3. The van der Waals surface area contributed by atoms with E-state index in [2.05, 4.69) is 6.07 Å². The minimum absolute atomic E-state index is 0.0367. The quantitative estimate of drug-likeness (QED) is 0.747. The van der Waals surface area contributed by atoms with Gasteiger partial charge in [0.15, 0.2) is 0 Å². The van der Waals surface area contributed by atoms with E-state index in [1.54, 1.807) is 28.0 Å². The van der Waals surface area contributed by atoms with Gasteiger partial charge in [-0.05, 0) is 17.7 Å². The molecule has 0 unspecified atom stereocenters. The molecule has 1 aliphatic rings. The summed E-state index contributed by atoms with van der Waals surface area (Å²) < 4.78 is 0. The molecule has 1 aromatic rings. The van der Waals surface area contributed by atoms with Crippen LogP contribution in [-0.2, 0) is 11.2 Å². The summed E-state index contributed by atoms with van der Waals surface area (Å²) in [5.41, 5.74) is 1.45. The molecule has 0 bridgehead atoms. The van der Waals surface area contributed by atoms with Crippen LogP contribution in [0.3, 0.4) is 0 Å². The molecule has 1 aliphatic heterocycles. The highest BCUT2D eigenvalue weighted by Crippen LogP contribution is 2.11. The number of piperazine rings is 1. The molecule has 0 aromatic heterocycles. The van der Waals surface area contributed by atoms with Gasteiger partial charge in [0, 0.05) is 31.7 Å². The number of carbonyl (C=O) groups excluding carboxylic acids is 2. The third-order valence-electron chi connectivity index (χ3n) is 3.21. The molecular weight excluding hydrogens is 242 g/mol. The highest BCUT2D eigenvalue weighted by molar-refractivity contribution is 5.94. The van der Waals surface area contributed by atoms with Crippen LogP contribution in [0.4, 0.5) is 0 Å². The predicted molar refractivity (Wildman–Crippen MR) is 69.3 cm³/mol. The summed E-state index contributed by atoms with van der Waals surface area (Å²) in [5, 5.41) is 8.67. The molecule has 19 heavy (non-hydrogen) atoms. The molecule has 5 nitrogen and oxygen atoms in total. The number of rotatable bonds is 3. The fourth-order valence-corrected chi connectivity index (χ4v) is 2.12. The van der Waals surface area contributed by atoms with Gasteiger partial charge in [-0.1, -0.05) is 12.1 Å². The van der Waals surface area contributed by atoms with E-state index in [0.717, 1.165) is 12.0 Å². The van der Waals surface area contributed by atoms with Crippen molar-refractivity contribution in [3.8, 4) is 6.07 Å². The molecule has 1 fully saturated rings. The van der Waals surface area contributed by atoms with Crippen LogP contribution in [0.5, 0.6) is 0 Å². The smallest absolute Gasteiger partial charge is 0.253 e. The van der Waals surface area contributed by atoms with Crippen molar-refractivity contribution in [2.45, 2.75) is 6.42 Å². The summed E-state index contributed by atoms with van der Waals surface area (Å²) in [5.74, 6) is -0.0367. The highest BCUT2D eigenvalue weighted by atomic mass is 16.2. The van der Waals surface area contributed by atoms with E-state index < -0.39 is 0 Å². The molecule has 5 heteroatoms. The first-order valence-electron chi connectivity index (χ1n) is 6.19. The van der Waals surface area contributed by atoms with Gasteiger partial charge in [-0.3, -0.25) is 9.59 Å². The molecule has 0 aliphatic carbocycles. The zero-order valence-corrected chi connectivity index (χ0v) is 10.6. The Kier molecular flexibility index (Phi) is 4.14. The van der Waals surface area contributed by atoms with Crippen molar-refractivity contribution in [2.24, 2.45) is 0 Å². The van der Waals surface area contributed by atoms with E-state index in [1.165, 1.54) is 0 Å². The Morgan fingerprint density at radius 3 is 2.68 bits per heavy atom. The van der Waals surface area contributed by atoms with Gasteiger partial charge in [-0.2, -0.15) is 5.26 Å². The van der Waals surface area contributed by atoms with Crippen molar-refractivity contribution in [3.05, 3.63) is 35.4 Å². The monoisotopic (exact) mass is 257 g/mol. The summed E-state index contributed by atoms with van der Waals surface area (Å²) >= 11 is 0. The van der Waals surface area contributed by atoms with E-state index in [0.29, 0.717) is 38.2 Å². The van der Waals surface area contributed by atoms with E-state index >= 15 is 0 Å². The molecule has 0 N–H and O–H groups in total. The number of hydrogen-bond donors (Lipinski definition) is 0. The first kappa shape index (κ1) is 13.1. The molecule has 2 rings (SSSR count). The summed E-state index contributed by atoms with van der Waals surface area (Å²) in [6, 6.07) is 9.22. The van der Waals surface area contributed by atoms with Crippen molar-refractivity contribution in [1.29, 1.82) is 5.26 Å². The van der Waals surface area contributed by atoms with Crippen LogP contribution in [-0.4, -0.2) is 48.3 Å². The molecule has 0 atom stereocenters. The van der Waals surface area contributed by atoms with Crippen LogP contribution in [0.25, 0.3) is 0 Å². The summed E-state index contributed by atoms with van der Waals surface area (Å²) in [4.78, 5) is 26.3. The first-order chi connectivity index (χ1) is 9.24. The van der Waals surface area contributed by atoms with Crippen molar-refractivity contribution in [3.63, 3.8) is 0 Å². The zero-order chi connectivity index (χ0) is 13.7. The second-order valence-corrected chi connectivity index (χ2v) is 4.47. The Morgan fingerprint density at radius 2 is 2.05 bits per heavy atom. The van der Waals surface area contributed by atoms with Crippen LogP contribution in [0.2, 0.25) is 0 Å². The largest absolute Gasteiger partial charge is 0.342 e. The Hall–Kier alpha value is -2.35. The average Bonchev–Trinajstić information content (AvgIpc) is 2.47. The highest BCUT2D eigenvalue weighted by Gasteiger charge is 2.21. The molecule has 2 amide bonds. The fourth-order valence-electron chi connectivity index (χ4n) is 2.12. The minimum atomic E-state index is -0.0367. The molecule has 0 saturated carbocycles. The van der Waals surface area contributed by atoms with E-state index in [-0.39, 0.29) is 5.91 Å². The molecule has 0 spiro atoms. The molecule has 98 valence electrons.